The molecule has 1 amide bonds. The molecule has 142 valence electrons. The molecule has 0 aliphatic heterocycles. The molecule has 0 spiro atoms. The van der Waals surface area contributed by atoms with Crippen molar-refractivity contribution >= 4 is 47.0 Å². The molecular weight excluding hydrogens is 399 g/mol. The van der Waals surface area contributed by atoms with Crippen molar-refractivity contribution in [3.63, 3.8) is 0 Å². The quantitative estimate of drug-likeness (QED) is 0.319. The molecule has 8 nitrogen and oxygen atoms in total. The van der Waals surface area contributed by atoms with E-state index in [1.807, 2.05) is 0 Å². The minimum atomic E-state index is -0.804. The van der Waals surface area contributed by atoms with Gasteiger partial charge in [0.1, 0.15) is 10.7 Å². The molecule has 2 aromatic rings. The number of nitrogens with one attached hydrogen (secondary N) is 1. The van der Waals surface area contributed by atoms with Gasteiger partial charge in [-0.1, -0.05) is 29.3 Å². The van der Waals surface area contributed by atoms with E-state index in [1.165, 1.54) is 12.1 Å². The molecule has 1 heterocycles. The molecule has 2 rings (SSSR count). The summed E-state index contributed by atoms with van der Waals surface area (Å²) in [5.74, 6) is -1.67. The predicted octanol–water partition coefficient (Wildman–Crippen LogP) is 3.93. The molecule has 0 fully saturated rings. The Balaban J connectivity index is 1.82. The zero-order chi connectivity index (χ0) is 20.0. The van der Waals surface area contributed by atoms with E-state index in [0.717, 1.165) is 12.1 Å². The first kappa shape index (κ1) is 20.5. The Morgan fingerprint density at radius 1 is 1.33 bits per heavy atom. The van der Waals surface area contributed by atoms with Crippen LogP contribution < -0.4 is 5.32 Å². The van der Waals surface area contributed by atoms with Crippen LogP contribution in [0.25, 0.3) is 6.08 Å². The molecule has 0 bridgehead atoms. The molecule has 1 N–H and O–H groups in total. The Bertz CT molecular complexity index is 893. The van der Waals surface area contributed by atoms with E-state index in [2.05, 4.69) is 5.32 Å². The van der Waals surface area contributed by atoms with Gasteiger partial charge in [-0.2, -0.15) is 0 Å². The summed E-state index contributed by atoms with van der Waals surface area (Å²) in [4.78, 5) is 33.3. The number of carbonyl (C=O) groups is 2. The maximum atomic E-state index is 11.9. The predicted molar refractivity (Wildman–Crippen MR) is 98.4 cm³/mol. The third kappa shape index (κ3) is 6.12. The number of hydrogen-bond donors (Lipinski definition) is 1. The number of rotatable bonds is 7. The monoisotopic (exact) mass is 412 g/mol. The molecule has 10 heteroatoms. The van der Waals surface area contributed by atoms with Crippen molar-refractivity contribution in [1.29, 1.82) is 0 Å². The number of hydrogen-bond acceptors (Lipinski definition) is 6. The van der Waals surface area contributed by atoms with Crippen LogP contribution in [0.5, 0.6) is 0 Å². The number of benzene rings is 1. The fourth-order valence-corrected chi connectivity index (χ4v) is 2.65. The van der Waals surface area contributed by atoms with Gasteiger partial charge in [0, 0.05) is 16.1 Å². The maximum absolute atomic E-state index is 11.9. The van der Waals surface area contributed by atoms with Crippen LogP contribution in [-0.4, -0.2) is 23.4 Å². The summed E-state index contributed by atoms with van der Waals surface area (Å²) in [5.41, 5.74) is 0.667. The van der Waals surface area contributed by atoms with Crippen molar-refractivity contribution in [3.8, 4) is 0 Å². The summed E-state index contributed by atoms with van der Waals surface area (Å²) < 4.78 is 9.65. The van der Waals surface area contributed by atoms with Gasteiger partial charge in [-0.25, -0.2) is 4.79 Å². The Morgan fingerprint density at radius 2 is 2.07 bits per heavy atom. The van der Waals surface area contributed by atoms with Crippen LogP contribution in [0.1, 0.15) is 24.3 Å². The Kier molecular flexibility index (Phi) is 6.98. The van der Waals surface area contributed by atoms with E-state index < -0.39 is 35.3 Å². The number of ether oxygens (including phenoxy) is 1. The molecule has 0 aliphatic rings. The fraction of sp³-hybridized carbons (Fsp3) is 0.176. The lowest BCUT2D eigenvalue weighted by Crippen LogP contribution is -2.31. The highest BCUT2D eigenvalue weighted by Gasteiger charge is 2.14. The van der Waals surface area contributed by atoms with E-state index in [1.54, 1.807) is 25.1 Å². The van der Waals surface area contributed by atoms with Crippen LogP contribution >= 0.6 is 23.2 Å². The number of carbonyl (C=O) groups excluding carboxylic acids is 2. The zero-order valence-electron chi connectivity index (χ0n) is 14.0. The lowest BCUT2D eigenvalue weighted by atomic mass is 10.1. The molecule has 27 heavy (non-hydrogen) atoms. The second-order valence-electron chi connectivity index (χ2n) is 5.33. The minimum absolute atomic E-state index is 0.106. The van der Waals surface area contributed by atoms with Crippen molar-refractivity contribution in [2.45, 2.75) is 13.0 Å². The average molecular weight is 413 g/mol. The Hall–Kier alpha value is -2.84. The van der Waals surface area contributed by atoms with Crippen LogP contribution in [0, 0.1) is 10.1 Å². The SMILES string of the molecule is C[C@H](NC(=O)COC(=O)/C=C/c1ccc([N+](=O)[O-])o1)c1ccc(Cl)cc1Cl. The van der Waals surface area contributed by atoms with Crippen LogP contribution in [0.4, 0.5) is 5.88 Å². The number of furan rings is 1. The first-order chi connectivity index (χ1) is 12.8. The number of amides is 1. The summed E-state index contributed by atoms with van der Waals surface area (Å²) in [7, 11) is 0. The van der Waals surface area contributed by atoms with Gasteiger partial charge in [-0.15, -0.1) is 0 Å². The van der Waals surface area contributed by atoms with E-state index >= 15 is 0 Å². The number of nitro groups is 1. The van der Waals surface area contributed by atoms with E-state index in [9.17, 15) is 19.7 Å². The van der Waals surface area contributed by atoms with Crippen LogP contribution in [-0.2, 0) is 14.3 Å². The minimum Gasteiger partial charge on any atom is -0.452 e. The van der Waals surface area contributed by atoms with Crippen LogP contribution in [0.3, 0.4) is 0 Å². The van der Waals surface area contributed by atoms with Crippen molar-refractivity contribution < 1.29 is 23.7 Å². The van der Waals surface area contributed by atoms with E-state index in [-0.39, 0.29) is 5.76 Å². The average Bonchev–Trinajstić information content (AvgIpc) is 3.07. The van der Waals surface area contributed by atoms with Crippen molar-refractivity contribution in [3.05, 3.63) is 67.9 Å². The Labute approximate surface area is 163 Å². The van der Waals surface area contributed by atoms with Crippen LogP contribution in [0.2, 0.25) is 10.0 Å². The molecule has 0 unspecified atom stereocenters. The number of nitrogens with zero attached hydrogens (tertiary/aromatic N) is 1. The largest absolute Gasteiger partial charge is 0.452 e. The highest BCUT2D eigenvalue weighted by atomic mass is 35.5. The summed E-state index contributed by atoms with van der Waals surface area (Å²) >= 11 is 11.9. The second-order valence-corrected chi connectivity index (χ2v) is 6.17. The van der Waals surface area contributed by atoms with Gasteiger partial charge >= 0.3 is 11.9 Å². The highest BCUT2D eigenvalue weighted by molar-refractivity contribution is 6.35. The highest BCUT2D eigenvalue weighted by Crippen LogP contribution is 2.26. The van der Waals surface area contributed by atoms with Gasteiger partial charge in [-0.3, -0.25) is 14.9 Å². The van der Waals surface area contributed by atoms with Crippen molar-refractivity contribution in [2.75, 3.05) is 6.61 Å². The number of esters is 1. The third-order valence-corrected chi connectivity index (χ3v) is 3.89. The molecule has 0 saturated carbocycles. The normalized spacial score (nSPS) is 12.0. The van der Waals surface area contributed by atoms with Gasteiger partial charge in [-0.05, 0) is 36.8 Å². The summed E-state index contributed by atoms with van der Waals surface area (Å²) in [6.45, 7) is 1.22. The summed E-state index contributed by atoms with van der Waals surface area (Å²) in [6, 6.07) is 6.96. The molecular formula is C17H14Cl2N2O6. The molecule has 0 saturated heterocycles. The van der Waals surface area contributed by atoms with E-state index in [0.29, 0.717) is 15.6 Å². The van der Waals surface area contributed by atoms with Crippen molar-refractivity contribution in [2.24, 2.45) is 0 Å². The zero-order valence-corrected chi connectivity index (χ0v) is 15.5. The first-order valence-corrected chi connectivity index (χ1v) is 8.35. The molecule has 0 aliphatic carbocycles. The summed E-state index contributed by atoms with van der Waals surface area (Å²) in [6.07, 6.45) is 2.19. The van der Waals surface area contributed by atoms with Gasteiger partial charge < -0.3 is 14.5 Å². The van der Waals surface area contributed by atoms with Crippen molar-refractivity contribution in [1.82, 2.24) is 5.32 Å². The molecule has 1 aromatic carbocycles. The van der Waals surface area contributed by atoms with Gasteiger partial charge in [0.2, 0.25) is 0 Å². The van der Waals surface area contributed by atoms with Crippen LogP contribution in [0.15, 0.2) is 40.8 Å². The van der Waals surface area contributed by atoms with Gasteiger partial charge in [0.15, 0.2) is 6.61 Å². The lowest BCUT2D eigenvalue weighted by Gasteiger charge is -2.15. The lowest BCUT2D eigenvalue weighted by molar-refractivity contribution is -0.402. The number of halogens is 2. The topological polar surface area (TPSA) is 112 Å². The molecule has 1 aromatic heterocycles. The fourth-order valence-electron chi connectivity index (χ4n) is 2.08. The smallest absolute Gasteiger partial charge is 0.433 e. The van der Waals surface area contributed by atoms with E-state index in [4.69, 9.17) is 32.4 Å². The summed E-state index contributed by atoms with van der Waals surface area (Å²) in [5, 5.41) is 14.0. The second kappa shape index (κ2) is 9.20. The third-order valence-electron chi connectivity index (χ3n) is 3.33. The van der Waals surface area contributed by atoms with Gasteiger partial charge in [0.25, 0.3) is 5.91 Å². The maximum Gasteiger partial charge on any atom is 0.433 e. The molecule has 1 atom stereocenters. The first-order valence-electron chi connectivity index (χ1n) is 7.59. The molecule has 0 radical (unpaired) electrons. The standard InChI is InChI=1S/C17H14Cl2N2O6/c1-10(13-5-2-11(18)8-14(13)19)20-15(22)9-26-17(23)7-4-12-3-6-16(27-12)21(24)25/h2-8,10H,9H2,1H3,(H,20,22)/b7-4+/t10-/m0/s1. The van der Waals surface area contributed by atoms with Gasteiger partial charge in [0.05, 0.1) is 12.1 Å². The Morgan fingerprint density at radius 3 is 2.70 bits per heavy atom.